The molecule has 0 saturated carbocycles. The molecule has 128 valence electrons. The Morgan fingerprint density at radius 2 is 2.04 bits per heavy atom. The molecule has 1 aliphatic heterocycles. The van der Waals surface area contributed by atoms with Crippen molar-refractivity contribution < 1.29 is 4.79 Å². The number of carbonyl (C=O) groups is 1. The summed E-state index contributed by atoms with van der Waals surface area (Å²) in [6, 6.07) is 10.9. The van der Waals surface area contributed by atoms with Gasteiger partial charge in [0.25, 0.3) is 5.91 Å². The molecule has 6 nitrogen and oxygen atoms in total. The molecule has 25 heavy (non-hydrogen) atoms. The van der Waals surface area contributed by atoms with Gasteiger partial charge in [0.05, 0.1) is 11.6 Å². The number of aryl methyl sites for hydroxylation is 1. The monoisotopic (exact) mass is 335 g/mol. The van der Waals surface area contributed by atoms with Crippen molar-refractivity contribution in [3.05, 3.63) is 47.3 Å². The van der Waals surface area contributed by atoms with Crippen LogP contribution in [0.15, 0.2) is 30.3 Å². The number of amides is 1. The number of nitrogens with zero attached hydrogens (tertiary/aromatic N) is 4. The highest BCUT2D eigenvalue weighted by atomic mass is 16.2. The third-order valence-corrected chi connectivity index (χ3v) is 4.39. The van der Waals surface area contributed by atoms with E-state index < -0.39 is 0 Å². The van der Waals surface area contributed by atoms with Crippen LogP contribution in [0.3, 0.4) is 0 Å². The van der Waals surface area contributed by atoms with E-state index in [1.54, 1.807) is 24.3 Å². The van der Waals surface area contributed by atoms with Crippen molar-refractivity contribution in [1.29, 1.82) is 5.26 Å². The molecule has 2 heterocycles. The normalized spacial score (nSPS) is 14.8. The lowest BCUT2D eigenvalue weighted by atomic mass is 9.99. The molecule has 3 rings (SSSR count). The van der Waals surface area contributed by atoms with Crippen LogP contribution < -0.4 is 5.32 Å². The molecular weight excluding hydrogens is 314 g/mol. The minimum absolute atomic E-state index is 0.0498. The molecule has 0 radical (unpaired) electrons. The van der Waals surface area contributed by atoms with E-state index in [9.17, 15) is 4.79 Å². The lowest BCUT2D eigenvalue weighted by molar-refractivity contribution is 0.0691. The Morgan fingerprint density at radius 3 is 2.76 bits per heavy atom. The Hall–Kier alpha value is -2.94. The highest BCUT2D eigenvalue weighted by Crippen LogP contribution is 2.19. The van der Waals surface area contributed by atoms with Gasteiger partial charge < -0.3 is 10.2 Å². The van der Waals surface area contributed by atoms with Crippen LogP contribution in [0, 0.1) is 24.2 Å². The molecule has 1 fully saturated rings. The lowest BCUT2D eigenvalue weighted by Gasteiger charge is -2.30. The third kappa shape index (κ3) is 4.13. The predicted molar refractivity (Wildman–Crippen MR) is 95.5 cm³/mol. The second-order valence-electron chi connectivity index (χ2n) is 6.51. The van der Waals surface area contributed by atoms with Gasteiger partial charge in [-0.2, -0.15) is 5.26 Å². The fourth-order valence-electron chi connectivity index (χ4n) is 2.90. The van der Waals surface area contributed by atoms with Gasteiger partial charge in [-0.15, -0.1) is 0 Å². The van der Waals surface area contributed by atoms with Gasteiger partial charge >= 0.3 is 0 Å². The number of hydrogen-bond acceptors (Lipinski definition) is 5. The van der Waals surface area contributed by atoms with Crippen LogP contribution >= 0.6 is 0 Å². The van der Waals surface area contributed by atoms with Crippen LogP contribution in [0.25, 0.3) is 0 Å². The first kappa shape index (κ1) is 16.9. The molecule has 0 bridgehead atoms. The van der Waals surface area contributed by atoms with Crippen LogP contribution in [0.4, 0.5) is 11.6 Å². The Bertz CT molecular complexity index is 819. The average Bonchev–Trinajstić information content (AvgIpc) is 2.61. The molecule has 0 atom stereocenters. The van der Waals surface area contributed by atoms with E-state index in [2.05, 4.69) is 28.3 Å². The van der Waals surface area contributed by atoms with E-state index in [1.807, 2.05) is 17.9 Å². The first-order valence-electron chi connectivity index (χ1n) is 8.47. The van der Waals surface area contributed by atoms with Gasteiger partial charge in [0, 0.05) is 24.5 Å². The Morgan fingerprint density at radius 1 is 1.28 bits per heavy atom. The first-order chi connectivity index (χ1) is 12.0. The molecule has 1 N–H and O–H groups in total. The van der Waals surface area contributed by atoms with E-state index in [-0.39, 0.29) is 5.91 Å². The van der Waals surface area contributed by atoms with Gasteiger partial charge in [0.2, 0.25) is 5.95 Å². The smallest absolute Gasteiger partial charge is 0.272 e. The van der Waals surface area contributed by atoms with Gasteiger partial charge in [-0.1, -0.05) is 13.0 Å². The van der Waals surface area contributed by atoms with Crippen molar-refractivity contribution in [3.63, 3.8) is 0 Å². The van der Waals surface area contributed by atoms with E-state index in [0.717, 1.165) is 37.3 Å². The van der Waals surface area contributed by atoms with Crippen LogP contribution in [0.5, 0.6) is 0 Å². The Balaban J connectivity index is 1.80. The number of piperidine rings is 1. The third-order valence-electron chi connectivity index (χ3n) is 4.39. The summed E-state index contributed by atoms with van der Waals surface area (Å²) in [4.78, 5) is 23.3. The van der Waals surface area contributed by atoms with Crippen molar-refractivity contribution in [3.8, 4) is 6.07 Å². The van der Waals surface area contributed by atoms with Crippen molar-refractivity contribution in [2.24, 2.45) is 5.92 Å². The minimum Gasteiger partial charge on any atom is -0.337 e. The summed E-state index contributed by atoms with van der Waals surface area (Å²) in [5.74, 6) is 0.982. The molecular formula is C19H21N5O. The molecule has 6 heteroatoms. The van der Waals surface area contributed by atoms with Gasteiger partial charge in [-0.3, -0.25) is 4.79 Å². The zero-order valence-electron chi connectivity index (χ0n) is 14.5. The second kappa shape index (κ2) is 7.31. The number of nitrogens with one attached hydrogen (secondary N) is 1. The van der Waals surface area contributed by atoms with Gasteiger partial charge in [0.1, 0.15) is 5.69 Å². The molecule has 1 amide bonds. The maximum atomic E-state index is 12.7. The average molecular weight is 335 g/mol. The zero-order valence-corrected chi connectivity index (χ0v) is 14.5. The van der Waals surface area contributed by atoms with Gasteiger partial charge in [-0.05, 0) is 49.9 Å². The molecule has 2 aromatic rings. The van der Waals surface area contributed by atoms with E-state index in [1.165, 1.54) is 0 Å². The zero-order chi connectivity index (χ0) is 17.8. The van der Waals surface area contributed by atoms with Crippen LogP contribution in [-0.2, 0) is 0 Å². The SMILES string of the molecule is Cc1cc(C(=O)N2CCC(C)CC2)nc(Nc2cccc(C#N)c2)n1. The highest BCUT2D eigenvalue weighted by Gasteiger charge is 2.23. The van der Waals surface area contributed by atoms with E-state index in [4.69, 9.17) is 5.26 Å². The van der Waals surface area contributed by atoms with Gasteiger partial charge in [0.15, 0.2) is 0 Å². The van der Waals surface area contributed by atoms with Crippen LogP contribution in [-0.4, -0.2) is 33.9 Å². The van der Waals surface area contributed by atoms with Gasteiger partial charge in [-0.25, -0.2) is 9.97 Å². The van der Waals surface area contributed by atoms with Crippen molar-refractivity contribution >= 4 is 17.5 Å². The van der Waals surface area contributed by atoms with Crippen molar-refractivity contribution in [2.75, 3.05) is 18.4 Å². The number of rotatable bonds is 3. The maximum absolute atomic E-state index is 12.7. The predicted octanol–water partition coefficient (Wildman–Crippen LogP) is 3.27. The number of anilines is 2. The van der Waals surface area contributed by atoms with Crippen LogP contribution in [0.2, 0.25) is 0 Å². The maximum Gasteiger partial charge on any atom is 0.272 e. The minimum atomic E-state index is -0.0498. The lowest BCUT2D eigenvalue weighted by Crippen LogP contribution is -2.38. The molecule has 1 aromatic carbocycles. The van der Waals surface area contributed by atoms with Crippen molar-refractivity contribution in [2.45, 2.75) is 26.7 Å². The largest absolute Gasteiger partial charge is 0.337 e. The summed E-state index contributed by atoms with van der Waals surface area (Å²) in [7, 11) is 0. The fourth-order valence-corrected chi connectivity index (χ4v) is 2.90. The number of carbonyl (C=O) groups excluding carboxylic acids is 1. The molecule has 0 aliphatic carbocycles. The second-order valence-corrected chi connectivity index (χ2v) is 6.51. The summed E-state index contributed by atoms with van der Waals surface area (Å²) in [6.07, 6.45) is 2.06. The summed E-state index contributed by atoms with van der Waals surface area (Å²) < 4.78 is 0. The number of benzene rings is 1. The quantitative estimate of drug-likeness (QED) is 0.931. The summed E-state index contributed by atoms with van der Waals surface area (Å²) in [5.41, 5.74) is 2.40. The summed E-state index contributed by atoms with van der Waals surface area (Å²) in [5, 5.41) is 12.1. The fraction of sp³-hybridized carbons (Fsp3) is 0.368. The standard InChI is InChI=1S/C19H21N5O/c1-13-6-8-24(9-7-13)18(25)17-10-14(2)21-19(23-17)22-16-5-3-4-15(11-16)12-20/h3-5,10-11,13H,6-9H2,1-2H3,(H,21,22,23). The van der Waals surface area contributed by atoms with E-state index in [0.29, 0.717) is 23.1 Å². The summed E-state index contributed by atoms with van der Waals surface area (Å²) >= 11 is 0. The van der Waals surface area contributed by atoms with E-state index >= 15 is 0 Å². The highest BCUT2D eigenvalue weighted by molar-refractivity contribution is 5.92. The van der Waals surface area contributed by atoms with Crippen molar-refractivity contribution in [1.82, 2.24) is 14.9 Å². The Kier molecular flexibility index (Phi) is 4.94. The topological polar surface area (TPSA) is 81.9 Å². The van der Waals surface area contributed by atoms with Crippen LogP contribution in [0.1, 0.15) is 41.5 Å². The molecule has 1 saturated heterocycles. The first-order valence-corrected chi connectivity index (χ1v) is 8.47. The molecule has 1 aliphatic rings. The number of likely N-dealkylation sites (tertiary alicyclic amines) is 1. The summed E-state index contributed by atoms with van der Waals surface area (Å²) in [6.45, 7) is 5.60. The Labute approximate surface area is 147 Å². The molecule has 0 unspecified atom stereocenters. The molecule has 0 spiro atoms. The number of hydrogen-bond donors (Lipinski definition) is 1. The number of aromatic nitrogens is 2. The molecule has 1 aromatic heterocycles. The number of nitriles is 1.